The lowest BCUT2D eigenvalue weighted by Gasteiger charge is -2.18. The molecule has 0 heterocycles. The number of hydrogen-bond donors (Lipinski definition) is 0. The number of nitriles is 1. The van der Waals surface area contributed by atoms with Gasteiger partial charge in [-0.25, -0.2) is 0 Å². The first-order valence-corrected chi connectivity index (χ1v) is 3.13. The van der Waals surface area contributed by atoms with Crippen molar-refractivity contribution in [1.29, 1.82) is 5.26 Å². The average molecular weight is 170 g/mol. The Kier molecular flexibility index (Phi) is 3.58. The number of alkyl halides is 1. The van der Waals surface area contributed by atoms with Gasteiger partial charge in [-0.1, -0.05) is 0 Å². The van der Waals surface area contributed by atoms with E-state index in [0.29, 0.717) is 0 Å². The minimum Gasteiger partial charge on any atom is -0.448 e. The van der Waals surface area contributed by atoms with Crippen molar-refractivity contribution in [2.24, 2.45) is 0 Å². The van der Waals surface area contributed by atoms with Crippen LogP contribution in [0.5, 0.6) is 0 Å². The van der Waals surface area contributed by atoms with Crippen molar-refractivity contribution in [2.45, 2.75) is 18.1 Å². The van der Waals surface area contributed by atoms with Gasteiger partial charge in [-0.15, -0.1) is 0 Å². The molecule has 0 radical (unpaired) electrons. The maximum absolute atomic E-state index is 11.6. The monoisotopic (exact) mass is 170 g/mol. The van der Waals surface area contributed by atoms with E-state index < -0.39 is 12.3 Å². The van der Waals surface area contributed by atoms with Gasteiger partial charge in [0.1, 0.15) is 0 Å². The summed E-state index contributed by atoms with van der Waals surface area (Å²) >= 11 is 4.89. The number of hydrogen-bond acceptors (Lipinski definition) is 1. The van der Waals surface area contributed by atoms with Crippen molar-refractivity contribution in [3.8, 4) is 6.07 Å². The lowest BCUT2D eigenvalue weighted by atomic mass is 9.83. The molecule has 0 fully saturated rings. The van der Waals surface area contributed by atoms with Gasteiger partial charge in [-0.05, 0) is 6.42 Å². The molecule has 0 aliphatic heterocycles. The zero-order valence-electron chi connectivity index (χ0n) is 5.03. The Morgan fingerprint density at radius 2 is 2.00 bits per heavy atom. The Morgan fingerprint density at radius 3 is 2.30 bits per heavy atom. The Hall–Kier alpha value is -0.365. The van der Waals surface area contributed by atoms with Crippen LogP contribution in [0, 0.1) is 11.3 Å². The summed E-state index contributed by atoms with van der Waals surface area (Å²) in [7, 11) is 0. The molecule has 10 heavy (non-hydrogen) atoms. The van der Waals surface area contributed by atoms with Gasteiger partial charge in [-0.3, -0.25) is 0 Å². The fourth-order valence-corrected chi connectivity index (χ4v) is 0.501. The van der Waals surface area contributed by atoms with Crippen LogP contribution in [0.2, 0.25) is 0 Å². The topological polar surface area (TPSA) is 23.8 Å². The summed E-state index contributed by atoms with van der Waals surface area (Å²) in [5, 5.41) is 6.09. The molecule has 0 saturated heterocycles. The van der Waals surface area contributed by atoms with Crippen LogP contribution in [0.15, 0.2) is 0 Å². The molecule has 6 heteroatoms. The molecule has 0 aliphatic rings. The van der Waals surface area contributed by atoms with Gasteiger partial charge in [0.15, 0.2) is 0 Å². The van der Waals surface area contributed by atoms with Crippen molar-refractivity contribution in [3.63, 3.8) is 0 Å². The van der Waals surface area contributed by atoms with Crippen molar-refractivity contribution in [2.75, 3.05) is 0 Å². The smallest absolute Gasteiger partial charge is 0.448 e. The summed E-state index contributed by atoms with van der Waals surface area (Å²) in [4.78, 5) is 0. The predicted molar refractivity (Wildman–Crippen MR) is 33.6 cm³/mol. The Balaban J connectivity index is 3.65. The lowest BCUT2D eigenvalue weighted by Crippen LogP contribution is -2.29. The van der Waals surface area contributed by atoms with E-state index in [0.717, 1.165) is 0 Å². The van der Waals surface area contributed by atoms with E-state index in [1.807, 2.05) is 0 Å². The van der Waals surface area contributed by atoms with E-state index in [1.165, 1.54) is 0 Å². The molecule has 58 valence electrons. The SMILES string of the molecule is N#CCCC(Cl)[B-](F)(F)F. The molecule has 0 amide bonds. The summed E-state index contributed by atoms with van der Waals surface area (Å²) in [6.07, 6.45) is -0.447. The normalized spacial score (nSPS) is 14.3. The molecule has 0 aliphatic carbocycles. The Labute approximate surface area is 61.8 Å². The van der Waals surface area contributed by atoms with Crippen molar-refractivity contribution in [3.05, 3.63) is 0 Å². The van der Waals surface area contributed by atoms with Gasteiger partial charge in [0.05, 0.1) is 6.07 Å². The van der Waals surface area contributed by atoms with E-state index >= 15 is 0 Å². The number of rotatable bonds is 3. The molecule has 0 N–H and O–H groups in total. The standard InChI is InChI=1S/C4H5BClF3N/c6-4(2-1-3-10)5(7,8)9/h4H,1-2H2/q-1. The Morgan fingerprint density at radius 1 is 1.50 bits per heavy atom. The van der Waals surface area contributed by atoms with Gasteiger partial charge in [-0.2, -0.15) is 16.9 Å². The fourth-order valence-electron chi connectivity index (χ4n) is 0.391. The quantitative estimate of drug-likeness (QED) is 0.471. The average Bonchev–Trinajstić information content (AvgIpc) is 1.80. The van der Waals surface area contributed by atoms with Crippen LogP contribution in [0.4, 0.5) is 12.9 Å². The molecular formula is C4H5BClF3N-. The first-order valence-electron chi connectivity index (χ1n) is 2.69. The highest BCUT2D eigenvalue weighted by molar-refractivity contribution is 6.69. The van der Waals surface area contributed by atoms with Crippen molar-refractivity contribution in [1.82, 2.24) is 0 Å². The zero-order valence-corrected chi connectivity index (χ0v) is 5.78. The molecular weight excluding hydrogens is 165 g/mol. The van der Waals surface area contributed by atoms with E-state index in [9.17, 15) is 12.9 Å². The minimum atomic E-state index is -4.96. The molecule has 1 unspecified atom stereocenters. The summed E-state index contributed by atoms with van der Waals surface area (Å²) in [5.74, 6) is 0. The van der Waals surface area contributed by atoms with Crippen LogP contribution in [0.1, 0.15) is 12.8 Å². The highest BCUT2D eigenvalue weighted by atomic mass is 35.5. The molecule has 0 aromatic carbocycles. The third-order valence-electron chi connectivity index (χ3n) is 0.942. The van der Waals surface area contributed by atoms with E-state index in [1.54, 1.807) is 6.07 Å². The van der Waals surface area contributed by atoms with Crippen LogP contribution < -0.4 is 0 Å². The molecule has 0 aromatic rings. The van der Waals surface area contributed by atoms with Gasteiger partial charge in [0, 0.05) is 11.7 Å². The van der Waals surface area contributed by atoms with Crippen molar-refractivity contribution >= 4 is 18.6 Å². The molecule has 1 atom stereocenters. The summed E-state index contributed by atoms with van der Waals surface area (Å²) in [5.41, 5.74) is 0. The third-order valence-corrected chi connectivity index (χ3v) is 1.45. The first kappa shape index (κ1) is 9.63. The van der Waals surface area contributed by atoms with Gasteiger partial charge >= 0.3 is 6.98 Å². The molecule has 0 saturated carbocycles. The second-order valence-corrected chi connectivity index (χ2v) is 2.40. The zero-order chi connectivity index (χ0) is 8.20. The maximum Gasteiger partial charge on any atom is 0.495 e. The van der Waals surface area contributed by atoms with Crippen LogP contribution in [0.25, 0.3) is 0 Å². The van der Waals surface area contributed by atoms with Crippen LogP contribution >= 0.6 is 11.6 Å². The highest BCUT2D eigenvalue weighted by Crippen LogP contribution is 2.22. The minimum absolute atomic E-state index is 0.143. The summed E-state index contributed by atoms with van der Waals surface area (Å²) < 4.78 is 34.8. The van der Waals surface area contributed by atoms with Crippen LogP contribution in [-0.2, 0) is 0 Å². The molecule has 0 rings (SSSR count). The van der Waals surface area contributed by atoms with Gasteiger partial charge in [0.25, 0.3) is 0 Å². The van der Waals surface area contributed by atoms with E-state index in [4.69, 9.17) is 16.9 Å². The second-order valence-electron chi connectivity index (χ2n) is 1.84. The third kappa shape index (κ3) is 3.62. The van der Waals surface area contributed by atoms with E-state index in [2.05, 4.69) is 0 Å². The number of halogens is 4. The second kappa shape index (κ2) is 3.72. The lowest BCUT2D eigenvalue weighted by molar-refractivity contribution is 0.457. The molecule has 0 bridgehead atoms. The summed E-state index contributed by atoms with van der Waals surface area (Å²) in [6.45, 7) is -4.96. The predicted octanol–water partition coefficient (Wildman–Crippen LogP) is 2.28. The van der Waals surface area contributed by atoms with E-state index in [-0.39, 0.29) is 12.8 Å². The number of nitrogens with zero attached hydrogens (tertiary/aromatic N) is 1. The van der Waals surface area contributed by atoms with Crippen LogP contribution in [-0.4, -0.2) is 12.3 Å². The fraction of sp³-hybridized carbons (Fsp3) is 0.750. The van der Waals surface area contributed by atoms with Gasteiger partial charge in [0.2, 0.25) is 0 Å². The Bertz CT molecular complexity index is 140. The molecule has 1 nitrogen and oxygen atoms in total. The first-order chi connectivity index (χ1) is 4.48. The maximum atomic E-state index is 11.6. The highest BCUT2D eigenvalue weighted by Gasteiger charge is 2.32. The van der Waals surface area contributed by atoms with Crippen LogP contribution in [0.3, 0.4) is 0 Å². The molecule has 0 aromatic heterocycles. The van der Waals surface area contributed by atoms with Gasteiger partial charge < -0.3 is 12.9 Å². The molecule has 0 spiro atoms. The van der Waals surface area contributed by atoms with Crippen molar-refractivity contribution < 1.29 is 12.9 Å². The summed E-state index contributed by atoms with van der Waals surface area (Å²) in [6, 6.07) is 1.60. The largest absolute Gasteiger partial charge is 0.495 e.